The van der Waals surface area contributed by atoms with E-state index in [4.69, 9.17) is 14.7 Å². The van der Waals surface area contributed by atoms with E-state index in [0.717, 1.165) is 19.3 Å². The first-order valence-corrected chi connectivity index (χ1v) is 6.73. The van der Waals surface area contributed by atoms with Crippen LogP contribution in [0.1, 0.15) is 39.5 Å². The quantitative estimate of drug-likeness (QED) is 0.189. The summed E-state index contributed by atoms with van der Waals surface area (Å²) in [5.41, 5.74) is -0.134. The molecular weight excluding hydrogens is 246 g/mol. The monoisotopic (exact) mass is 269 g/mol. The third-order valence-corrected chi connectivity index (χ3v) is 2.30. The Bertz CT molecular complexity index is 307. The van der Waals surface area contributed by atoms with Gasteiger partial charge < -0.3 is 14.2 Å². The SMILES string of the molecule is CCCCCCOCCO/C=C(\C#N)C(=O)OCC. The summed E-state index contributed by atoms with van der Waals surface area (Å²) >= 11 is 0. The van der Waals surface area contributed by atoms with Crippen molar-refractivity contribution >= 4 is 5.97 Å². The van der Waals surface area contributed by atoms with Crippen molar-refractivity contribution in [2.24, 2.45) is 0 Å². The molecule has 0 aliphatic carbocycles. The maximum absolute atomic E-state index is 11.2. The van der Waals surface area contributed by atoms with E-state index in [9.17, 15) is 4.79 Å². The summed E-state index contributed by atoms with van der Waals surface area (Å²) in [6.07, 6.45) is 5.79. The molecule has 0 radical (unpaired) electrons. The molecule has 0 spiro atoms. The number of hydrogen-bond acceptors (Lipinski definition) is 5. The molecule has 0 atom stereocenters. The fraction of sp³-hybridized carbons (Fsp3) is 0.714. The molecule has 0 saturated heterocycles. The maximum atomic E-state index is 11.2. The minimum atomic E-state index is -0.662. The minimum absolute atomic E-state index is 0.134. The van der Waals surface area contributed by atoms with Gasteiger partial charge in [0.2, 0.25) is 0 Å². The topological polar surface area (TPSA) is 68.5 Å². The van der Waals surface area contributed by atoms with Gasteiger partial charge >= 0.3 is 5.97 Å². The summed E-state index contributed by atoms with van der Waals surface area (Å²) in [6, 6.07) is 1.73. The Hall–Kier alpha value is -1.54. The zero-order valence-electron chi connectivity index (χ0n) is 11.8. The number of hydrogen-bond donors (Lipinski definition) is 0. The lowest BCUT2D eigenvalue weighted by molar-refractivity contribution is -0.138. The molecule has 19 heavy (non-hydrogen) atoms. The molecule has 0 heterocycles. The van der Waals surface area contributed by atoms with Gasteiger partial charge in [-0.2, -0.15) is 5.26 Å². The van der Waals surface area contributed by atoms with Crippen LogP contribution in [0.5, 0.6) is 0 Å². The first kappa shape index (κ1) is 17.5. The molecule has 5 nitrogen and oxygen atoms in total. The van der Waals surface area contributed by atoms with Gasteiger partial charge in [-0.15, -0.1) is 0 Å². The van der Waals surface area contributed by atoms with Crippen LogP contribution in [0.25, 0.3) is 0 Å². The predicted molar refractivity (Wildman–Crippen MR) is 71.2 cm³/mol. The molecule has 0 unspecified atom stereocenters. The van der Waals surface area contributed by atoms with Gasteiger partial charge in [0.25, 0.3) is 0 Å². The van der Waals surface area contributed by atoms with Gasteiger partial charge in [0.1, 0.15) is 18.9 Å². The molecule has 0 amide bonds. The van der Waals surface area contributed by atoms with Crippen LogP contribution in [0.15, 0.2) is 11.8 Å². The van der Waals surface area contributed by atoms with Crippen LogP contribution >= 0.6 is 0 Å². The molecule has 0 saturated carbocycles. The van der Waals surface area contributed by atoms with Crippen LogP contribution in [0.2, 0.25) is 0 Å². The molecule has 0 bridgehead atoms. The van der Waals surface area contributed by atoms with Crippen LogP contribution in [0.4, 0.5) is 0 Å². The molecule has 0 rings (SSSR count). The van der Waals surface area contributed by atoms with Crippen molar-refractivity contribution in [3.63, 3.8) is 0 Å². The van der Waals surface area contributed by atoms with Crippen LogP contribution < -0.4 is 0 Å². The lowest BCUT2D eigenvalue weighted by Crippen LogP contribution is -2.08. The highest BCUT2D eigenvalue weighted by molar-refractivity contribution is 5.92. The average Bonchev–Trinajstić information content (AvgIpc) is 2.41. The smallest absolute Gasteiger partial charge is 0.352 e. The van der Waals surface area contributed by atoms with Gasteiger partial charge in [0, 0.05) is 6.61 Å². The fourth-order valence-corrected chi connectivity index (χ4v) is 1.31. The Morgan fingerprint density at radius 1 is 1.16 bits per heavy atom. The number of unbranched alkanes of at least 4 members (excludes halogenated alkanes) is 3. The standard InChI is InChI=1S/C14H23NO4/c1-3-5-6-7-8-17-9-10-18-12-13(11-15)14(16)19-4-2/h12H,3-10H2,1-2H3/b13-12+. The van der Waals surface area contributed by atoms with Crippen LogP contribution in [-0.2, 0) is 19.0 Å². The van der Waals surface area contributed by atoms with Crippen LogP contribution in [0, 0.1) is 11.3 Å². The normalized spacial score (nSPS) is 10.9. The largest absolute Gasteiger partial charge is 0.497 e. The first-order chi connectivity index (χ1) is 9.26. The molecule has 108 valence electrons. The minimum Gasteiger partial charge on any atom is -0.497 e. The number of nitrogens with zero attached hydrogens (tertiary/aromatic N) is 1. The van der Waals surface area contributed by atoms with Crippen molar-refractivity contribution < 1.29 is 19.0 Å². The Morgan fingerprint density at radius 2 is 1.95 bits per heavy atom. The Kier molecular flexibility index (Phi) is 11.9. The van der Waals surface area contributed by atoms with E-state index in [1.807, 2.05) is 0 Å². The van der Waals surface area contributed by atoms with E-state index >= 15 is 0 Å². The van der Waals surface area contributed by atoms with Crippen molar-refractivity contribution in [1.29, 1.82) is 5.26 Å². The lowest BCUT2D eigenvalue weighted by atomic mass is 10.2. The summed E-state index contributed by atoms with van der Waals surface area (Å²) in [5.74, 6) is -0.662. The third kappa shape index (κ3) is 10.1. The second kappa shape index (κ2) is 12.9. The highest BCUT2D eigenvalue weighted by Crippen LogP contribution is 1.99. The van der Waals surface area contributed by atoms with Gasteiger partial charge in [0.05, 0.1) is 13.2 Å². The Balaban J connectivity index is 3.60. The number of rotatable bonds is 11. The highest BCUT2D eigenvalue weighted by atomic mass is 16.5. The van der Waals surface area contributed by atoms with E-state index in [1.54, 1.807) is 13.0 Å². The maximum Gasteiger partial charge on any atom is 0.352 e. The number of carbonyl (C=O) groups is 1. The second-order valence-electron chi connectivity index (χ2n) is 3.91. The van der Waals surface area contributed by atoms with Gasteiger partial charge in [-0.05, 0) is 13.3 Å². The van der Waals surface area contributed by atoms with E-state index in [2.05, 4.69) is 11.7 Å². The second-order valence-corrected chi connectivity index (χ2v) is 3.91. The molecule has 0 aromatic rings. The molecule has 0 N–H and O–H groups in total. The molecule has 0 aliphatic heterocycles. The average molecular weight is 269 g/mol. The van der Waals surface area contributed by atoms with Crippen molar-refractivity contribution in [1.82, 2.24) is 0 Å². The van der Waals surface area contributed by atoms with Crippen molar-refractivity contribution in [3.8, 4) is 6.07 Å². The zero-order valence-corrected chi connectivity index (χ0v) is 11.8. The lowest BCUT2D eigenvalue weighted by Gasteiger charge is -2.04. The number of ether oxygens (including phenoxy) is 3. The highest BCUT2D eigenvalue weighted by Gasteiger charge is 2.09. The Labute approximate surface area is 115 Å². The van der Waals surface area contributed by atoms with Gasteiger partial charge in [-0.1, -0.05) is 26.2 Å². The van der Waals surface area contributed by atoms with E-state index < -0.39 is 5.97 Å². The van der Waals surface area contributed by atoms with Crippen LogP contribution in [-0.4, -0.2) is 32.4 Å². The van der Waals surface area contributed by atoms with Crippen molar-refractivity contribution in [2.45, 2.75) is 39.5 Å². The first-order valence-electron chi connectivity index (χ1n) is 6.73. The molecule has 0 aromatic carbocycles. The van der Waals surface area contributed by atoms with Crippen molar-refractivity contribution in [3.05, 3.63) is 11.8 Å². The van der Waals surface area contributed by atoms with Gasteiger partial charge in [-0.3, -0.25) is 0 Å². The zero-order chi connectivity index (χ0) is 14.3. The summed E-state index contributed by atoms with van der Waals surface area (Å²) in [6.45, 7) is 5.56. The number of nitriles is 1. The molecule has 5 heteroatoms. The third-order valence-electron chi connectivity index (χ3n) is 2.30. The number of esters is 1. The van der Waals surface area contributed by atoms with E-state index in [0.29, 0.717) is 13.2 Å². The fourth-order valence-electron chi connectivity index (χ4n) is 1.31. The molecule has 0 aliphatic rings. The van der Waals surface area contributed by atoms with E-state index in [-0.39, 0.29) is 12.2 Å². The summed E-state index contributed by atoms with van der Waals surface area (Å²) in [5, 5.41) is 8.72. The number of carbonyl (C=O) groups excluding carboxylic acids is 1. The van der Waals surface area contributed by atoms with Gasteiger partial charge in [0.15, 0.2) is 5.57 Å². The predicted octanol–water partition coefficient (Wildman–Crippen LogP) is 2.57. The summed E-state index contributed by atoms with van der Waals surface area (Å²) < 4.78 is 15.1. The summed E-state index contributed by atoms with van der Waals surface area (Å²) in [7, 11) is 0. The van der Waals surface area contributed by atoms with Crippen LogP contribution in [0.3, 0.4) is 0 Å². The molecule has 0 fully saturated rings. The van der Waals surface area contributed by atoms with E-state index in [1.165, 1.54) is 19.3 Å². The molecule has 0 aromatic heterocycles. The van der Waals surface area contributed by atoms with Gasteiger partial charge in [-0.25, -0.2) is 4.79 Å². The molecular formula is C14H23NO4. The summed E-state index contributed by atoms with van der Waals surface area (Å²) in [4.78, 5) is 11.2. The Morgan fingerprint density at radius 3 is 2.58 bits per heavy atom. The van der Waals surface area contributed by atoms with Crippen molar-refractivity contribution in [2.75, 3.05) is 26.4 Å².